The first kappa shape index (κ1) is 12.9. The summed E-state index contributed by atoms with van der Waals surface area (Å²) in [7, 11) is 0. The molecular formula is C16H18N2O2. The van der Waals surface area contributed by atoms with Gasteiger partial charge in [-0.3, -0.25) is 9.59 Å². The fourth-order valence-corrected chi connectivity index (χ4v) is 2.82. The van der Waals surface area contributed by atoms with Crippen LogP contribution in [0.4, 0.5) is 5.69 Å². The van der Waals surface area contributed by atoms with Gasteiger partial charge >= 0.3 is 0 Å². The van der Waals surface area contributed by atoms with Crippen molar-refractivity contribution in [3.63, 3.8) is 0 Å². The van der Waals surface area contributed by atoms with Gasteiger partial charge in [0.15, 0.2) is 0 Å². The Balaban J connectivity index is 1.87. The van der Waals surface area contributed by atoms with Crippen LogP contribution in [0, 0.1) is 12.8 Å². The van der Waals surface area contributed by atoms with Gasteiger partial charge in [-0.25, -0.2) is 0 Å². The Bertz CT molecular complexity index is 712. The molecule has 2 aromatic rings. The van der Waals surface area contributed by atoms with E-state index >= 15 is 0 Å². The van der Waals surface area contributed by atoms with Crippen LogP contribution in [0.25, 0.3) is 10.9 Å². The number of aromatic amines is 1. The summed E-state index contributed by atoms with van der Waals surface area (Å²) in [4.78, 5) is 26.6. The van der Waals surface area contributed by atoms with Crippen molar-refractivity contribution in [3.8, 4) is 0 Å². The van der Waals surface area contributed by atoms with Crippen molar-refractivity contribution < 1.29 is 4.79 Å². The highest BCUT2D eigenvalue weighted by Crippen LogP contribution is 2.26. The first-order valence-electron chi connectivity index (χ1n) is 7.08. The number of amides is 1. The number of hydrogen-bond acceptors (Lipinski definition) is 2. The molecule has 1 aliphatic carbocycles. The number of carbonyl (C=O) groups is 1. The average molecular weight is 270 g/mol. The molecule has 1 fully saturated rings. The van der Waals surface area contributed by atoms with E-state index in [9.17, 15) is 9.59 Å². The minimum absolute atomic E-state index is 0.0863. The van der Waals surface area contributed by atoms with E-state index in [-0.39, 0.29) is 17.4 Å². The third kappa shape index (κ3) is 2.46. The summed E-state index contributed by atoms with van der Waals surface area (Å²) in [6, 6.07) is 7.48. The third-order valence-corrected chi connectivity index (χ3v) is 4.03. The van der Waals surface area contributed by atoms with E-state index in [1.807, 2.05) is 24.3 Å². The molecule has 3 rings (SSSR count). The molecule has 0 unspecified atom stereocenters. The van der Waals surface area contributed by atoms with Crippen molar-refractivity contribution in [2.75, 3.05) is 5.32 Å². The number of nitrogens with one attached hydrogen (secondary N) is 2. The summed E-state index contributed by atoms with van der Waals surface area (Å²) in [5.74, 6) is 0.235. The second-order valence-electron chi connectivity index (χ2n) is 5.55. The quantitative estimate of drug-likeness (QED) is 0.881. The van der Waals surface area contributed by atoms with Crippen LogP contribution in [-0.4, -0.2) is 10.9 Å². The van der Waals surface area contributed by atoms with Gasteiger partial charge in [0.25, 0.3) is 5.56 Å². The molecule has 0 bridgehead atoms. The Morgan fingerprint density at radius 2 is 2.00 bits per heavy atom. The lowest BCUT2D eigenvalue weighted by Crippen LogP contribution is -2.20. The van der Waals surface area contributed by atoms with E-state index in [0.29, 0.717) is 5.56 Å². The maximum atomic E-state index is 12.1. The number of pyridine rings is 1. The fourth-order valence-electron chi connectivity index (χ4n) is 2.82. The molecular weight excluding hydrogens is 252 g/mol. The summed E-state index contributed by atoms with van der Waals surface area (Å²) in [6.45, 7) is 1.79. The minimum atomic E-state index is -0.0863. The molecule has 1 aliphatic rings. The SMILES string of the molecule is Cc1cc2ccc(NC(=O)C3CCCC3)cc2[nH]c1=O. The zero-order valence-corrected chi connectivity index (χ0v) is 11.5. The van der Waals surface area contributed by atoms with E-state index in [2.05, 4.69) is 10.3 Å². The van der Waals surface area contributed by atoms with Gasteiger partial charge in [0.2, 0.25) is 5.91 Å². The van der Waals surface area contributed by atoms with E-state index < -0.39 is 0 Å². The Morgan fingerprint density at radius 3 is 2.75 bits per heavy atom. The monoisotopic (exact) mass is 270 g/mol. The number of hydrogen-bond donors (Lipinski definition) is 2. The summed E-state index contributed by atoms with van der Waals surface area (Å²) in [5.41, 5.74) is 2.11. The number of H-pyrrole nitrogens is 1. The summed E-state index contributed by atoms with van der Waals surface area (Å²) < 4.78 is 0. The van der Waals surface area contributed by atoms with Gasteiger partial charge in [-0.1, -0.05) is 18.9 Å². The van der Waals surface area contributed by atoms with Gasteiger partial charge < -0.3 is 10.3 Å². The fraction of sp³-hybridized carbons (Fsp3) is 0.375. The molecule has 1 heterocycles. The standard InChI is InChI=1S/C16H18N2O2/c1-10-8-12-6-7-13(9-14(12)18-15(10)19)17-16(20)11-4-2-3-5-11/h6-9,11H,2-5H2,1H3,(H,17,20)(H,18,19). The van der Waals surface area contributed by atoms with Crippen LogP contribution in [0.2, 0.25) is 0 Å². The smallest absolute Gasteiger partial charge is 0.251 e. The van der Waals surface area contributed by atoms with E-state index in [1.165, 1.54) is 0 Å². The van der Waals surface area contributed by atoms with Gasteiger partial charge in [-0.15, -0.1) is 0 Å². The predicted octanol–water partition coefficient (Wildman–Crippen LogP) is 2.97. The normalized spacial score (nSPS) is 15.7. The lowest BCUT2D eigenvalue weighted by molar-refractivity contribution is -0.119. The molecule has 4 nitrogen and oxygen atoms in total. The summed E-state index contributed by atoms with van der Waals surface area (Å²) in [6.07, 6.45) is 4.25. The number of rotatable bonds is 2. The molecule has 1 aromatic carbocycles. The summed E-state index contributed by atoms with van der Waals surface area (Å²) >= 11 is 0. The van der Waals surface area contributed by atoms with Gasteiger partial charge in [-0.05, 0) is 43.4 Å². The van der Waals surface area contributed by atoms with Crippen LogP contribution < -0.4 is 10.9 Å². The first-order valence-corrected chi connectivity index (χ1v) is 7.08. The van der Waals surface area contributed by atoms with Crippen LogP contribution in [0.5, 0.6) is 0 Å². The highest BCUT2D eigenvalue weighted by atomic mass is 16.2. The van der Waals surface area contributed by atoms with Crippen LogP contribution >= 0.6 is 0 Å². The highest BCUT2D eigenvalue weighted by molar-refractivity contribution is 5.95. The van der Waals surface area contributed by atoms with Crippen LogP contribution in [0.1, 0.15) is 31.2 Å². The maximum absolute atomic E-state index is 12.1. The van der Waals surface area contributed by atoms with Crippen LogP contribution in [0.15, 0.2) is 29.1 Å². The molecule has 4 heteroatoms. The topological polar surface area (TPSA) is 62.0 Å². The average Bonchev–Trinajstić information content (AvgIpc) is 2.94. The van der Waals surface area contributed by atoms with Crippen molar-refractivity contribution in [1.29, 1.82) is 0 Å². The number of anilines is 1. The van der Waals surface area contributed by atoms with Gasteiger partial charge in [0, 0.05) is 17.2 Å². The van der Waals surface area contributed by atoms with Crippen molar-refractivity contribution in [1.82, 2.24) is 4.98 Å². The molecule has 2 N–H and O–H groups in total. The van der Waals surface area contributed by atoms with Crippen molar-refractivity contribution in [2.24, 2.45) is 5.92 Å². The van der Waals surface area contributed by atoms with Crippen molar-refractivity contribution in [2.45, 2.75) is 32.6 Å². The number of carbonyl (C=O) groups excluding carboxylic acids is 1. The Labute approximate surface area is 117 Å². The van der Waals surface area contributed by atoms with Crippen molar-refractivity contribution >= 4 is 22.5 Å². The Kier molecular flexibility index (Phi) is 3.30. The van der Waals surface area contributed by atoms with Crippen LogP contribution in [-0.2, 0) is 4.79 Å². The van der Waals surface area contributed by atoms with E-state index in [1.54, 1.807) is 6.92 Å². The minimum Gasteiger partial charge on any atom is -0.326 e. The number of aryl methyl sites for hydroxylation is 1. The molecule has 20 heavy (non-hydrogen) atoms. The van der Waals surface area contributed by atoms with E-state index in [0.717, 1.165) is 42.3 Å². The largest absolute Gasteiger partial charge is 0.326 e. The number of benzene rings is 1. The summed E-state index contributed by atoms with van der Waals surface area (Å²) in [5, 5.41) is 3.92. The second kappa shape index (κ2) is 5.12. The zero-order chi connectivity index (χ0) is 14.1. The second-order valence-corrected chi connectivity index (χ2v) is 5.55. The number of fused-ring (bicyclic) bond motifs is 1. The van der Waals surface area contributed by atoms with Gasteiger partial charge in [0.1, 0.15) is 0 Å². The lowest BCUT2D eigenvalue weighted by atomic mass is 10.1. The van der Waals surface area contributed by atoms with Gasteiger partial charge in [0.05, 0.1) is 5.52 Å². The van der Waals surface area contributed by atoms with Gasteiger partial charge in [-0.2, -0.15) is 0 Å². The molecule has 1 amide bonds. The third-order valence-electron chi connectivity index (χ3n) is 4.03. The van der Waals surface area contributed by atoms with Crippen LogP contribution in [0.3, 0.4) is 0 Å². The Morgan fingerprint density at radius 1 is 1.25 bits per heavy atom. The molecule has 104 valence electrons. The molecule has 0 radical (unpaired) electrons. The molecule has 0 aliphatic heterocycles. The van der Waals surface area contributed by atoms with Crippen molar-refractivity contribution in [3.05, 3.63) is 40.2 Å². The highest BCUT2D eigenvalue weighted by Gasteiger charge is 2.22. The Hall–Kier alpha value is -2.10. The van der Waals surface area contributed by atoms with E-state index in [4.69, 9.17) is 0 Å². The molecule has 0 spiro atoms. The lowest BCUT2D eigenvalue weighted by Gasteiger charge is -2.11. The molecule has 1 saturated carbocycles. The molecule has 0 atom stereocenters. The molecule has 1 aromatic heterocycles. The maximum Gasteiger partial charge on any atom is 0.251 e. The molecule has 0 saturated heterocycles. The predicted molar refractivity (Wildman–Crippen MR) is 79.9 cm³/mol. The zero-order valence-electron chi connectivity index (χ0n) is 11.5. The first-order chi connectivity index (χ1) is 9.63. The number of aromatic nitrogens is 1.